The van der Waals surface area contributed by atoms with Crippen LogP contribution in [0.5, 0.6) is 0 Å². The van der Waals surface area contributed by atoms with E-state index in [0.717, 1.165) is 10.6 Å². The number of nitrogens with zero attached hydrogens (tertiary/aromatic N) is 5. The van der Waals surface area contributed by atoms with Crippen molar-refractivity contribution in [3.8, 4) is 5.82 Å². The quantitative estimate of drug-likeness (QED) is 0.379. The number of aromatic nitrogens is 4. The standard InChI is InChI=1S/C20H21N7O4S/c1-14-10-13-26(25-14)18-7-6-17(23-24-18)21-11-12-22-32(30,31)16-4-2-15(3-5-16)27-19(28)8-9-20(27)29/h2-7,10,13,22H,8-9,11-12H2,1H3,(H,21,23). The number of benzene rings is 1. The van der Waals surface area contributed by atoms with E-state index in [9.17, 15) is 18.0 Å². The minimum Gasteiger partial charge on any atom is -0.367 e. The van der Waals surface area contributed by atoms with Crippen molar-refractivity contribution in [1.82, 2.24) is 24.7 Å². The van der Waals surface area contributed by atoms with Crippen molar-refractivity contribution in [3.05, 3.63) is 54.4 Å². The largest absolute Gasteiger partial charge is 0.367 e. The van der Waals surface area contributed by atoms with Crippen LogP contribution in [0.25, 0.3) is 5.82 Å². The molecule has 3 aromatic rings. The second-order valence-corrected chi connectivity index (χ2v) is 8.89. The zero-order valence-corrected chi connectivity index (χ0v) is 18.0. The molecule has 1 aliphatic rings. The number of nitrogens with one attached hydrogen (secondary N) is 2. The van der Waals surface area contributed by atoms with Gasteiger partial charge < -0.3 is 5.32 Å². The van der Waals surface area contributed by atoms with Crippen molar-refractivity contribution in [3.63, 3.8) is 0 Å². The molecule has 1 aliphatic heterocycles. The van der Waals surface area contributed by atoms with E-state index in [0.29, 0.717) is 23.9 Å². The van der Waals surface area contributed by atoms with E-state index in [2.05, 4.69) is 25.3 Å². The Morgan fingerprint density at radius 3 is 2.25 bits per heavy atom. The number of aryl methyl sites for hydroxylation is 1. The Balaban J connectivity index is 1.30. The molecule has 11 nitrogen and oxygen atoms in total. The summed E-state index contributed by atoms with van der Waals surface area (Å²) in [5.74, 6) is 0.502. The minimum absolute atomic E-state index is 0.0407. The Kier molecular flexibility index (Phi) is 5.97. The highest BCUT2D eigenvalue weighted by Crippen LogP contribution is 2.23. The van der Waals surface area contributed by atoms with Crippen molar-refractivity contribution >= 4 is 33.3 Å². The molecule has 2 N–H and O–H groups in total. The van der Waals surface area contributed by atoms with Crippen LogP contribution < -0.4 is 14.9 Å². The third-order valence-electron chi connectivity index (χ3n) is 4.79. The number of imide groups is 1. The summed E-state index contributed by atoms with van der Waals surface area (Å²) in [6, 6.07) is 11.0. The van der Waals surface area contributed by atoms with Crippen LogP contribution in [0.4, 0.5) is 11.5 Å². The summed E-state index contributed by atoms with van der Waals surface area (Å²) in [4.78, 5) is 24.7. The molecule has 1 aromatic carbocycles. The summed E-state index contributed by atoms with van der Waals surface area (Å²) in [6.45, 7) is 2.29. The SMILES string of the molecule is Cc1ccn(-c2ccc(NCCNS(=O)(=O)c3ccc(N4C(=O)CCC4=O)cc3)nn2)n1. The van der Waals surface area contributed by atoms with Crippen LogP contribution in [0.15, 0.2) is 53.6 Å². The van der Waals surface area contributed by atoms with Crippen molar-refractivity contribution in [2.75, 3.05) is 23.3 Å². The van der Waals surface area contributed by atoms with Gasteiger partial charge >= 0.3 is 0 Å². The predicted octanol–water partition coefficient (Wildman–Crippen LogP) is 1.01. The summed E-state index contributed by atoms with van der Waals surface area (Å²) < 4.78 is 29.1. The van der Waals surface area contributed by atoms with Gasteiger partial charge in [0.2, 0.25) is 21.8 Å². The third kappa shape index (κ3) is 4.65. The fraction of sp³-hybridized carbons (Fsp3) is 0.250. The molecular formula is C20H21N7O4S. The molecule has 12 heteroatoms. The van der Waals surface area contributed by atoms with Gasteiger partial charge in [0, 0.05) is 32.1 Å². The van der Waals surface area contributed by atoms with E-state index in [-0.39, 0.29) is 36.1 Å². The first-order valence-electron chi connectivity index (χ1n) is 9.89. The van der Waals surface area contributed by atoms with E-state index < -0.39 is 10.0 Å². The summed E-state index contributed by atoms with van der Waals surface area (Å²) in [5.41, 5.74) is 1.24. The van der Waals surface area contributed by atoms with Gasteiger partial charge in [0.05, 0.1) is 16.3 Å². The molecule has 0 atom stereocenters. The lowest BCUT2D eigenvalue weighted by Crippen LogP contribution is -2.30. The second-order valence-electron chi connectivity index (χ2n) is 7.12. The zero-order valence-electron chi connectivity index (χ0n) is 17.2. The van der Waals surface area contributed by atoms with Crippen molar-refractivity contribution in [1.29, 1.82) is 0 Å². The average molecular weight is 456 g/mol. The summed E-state index contributed by atoms with van der Waals surface area (Å²) in [7, 11) is -3.75. The first-order chi connectivity index (χ1) is 15.3. The van der Waals surface area contributed by atoms with E-state index in [1.807, 2.05) is 13.0 Å². The van der Waals surface area contributed by atoms with Gasteiger partial charge in [-0.1, -0.05) is 0 Å². The van der Waals surface area contributed by atoms with Crippen LogP contribution in [0, 0.1) is 6.92 Å². The second kappa shape index (κ2) is 8.85. The monoisotopic (exact) mass is 455 g/mol. The van der Waals surface area contributed by atoms with Crippen molar-refractivity contribution in [2.45, 2.75) is 24.7 Å². The van der Waals surface area contributed by atoms with Crippen LogP contribution in [0.2, 0.25) is 0 Å². The van der Waals surface area contributed by atoms with Gasteiger partial charge in [-0.2, -0.15) is 5.10 Å². The lowest BCUT2D eigenvalue weighted by molar-refractivity contribution is -0.121. The maximum Gasteiger partial charge on any atom is 0.240 e. The molecule has 0 aliphatic carbocycles. The lowest BCUT2D eigenvalue weighted by atomic mass is 10.3. The highest BCUT2D eigenvalue weighted by Gasteiger charge is 2.30. The first kappa shape index (κ1) is 21.6. The molecule has 0 saturated carbocycles. The fourth-order valence-electron chi connectivity index (χ4n) is 3.18. The average Bonchev–Trinajstić information content (AvgIpc) is 3.36. The Morgan fingerprint density at radius 1 is 0.938 bits per heavy atom. The van der Waals surface area contributed by atoms with Gasteiger partial charge in [0.15, 0.2) is 5.82 Å². The molecule has 3 heterocycles. The van der Waals surface area contributed by atoms with Crippen LogP contribution in [-0.4, -0.2) is 53.3 Å². The van der Waals surface area contributed by atoms with E-state index in [1.165, 1.54) is 24.3 Å². The molecule has 1 fully saturated rings. The number of hydrogen-bond acceptors (Lipinski definition) is 8. The number of anilines is 2. The summed E-state index contributed by atoms with van der Waals surface area (Å²) in [5, 5.41) is 15.4. The Hall–Kier alpha value is -3.64. The summed E-state index contributed by atoms with van der Waals surface area (Å²) >= 11 is 0. The molecule has 4 rings (SSSR count). The van der Waals surface area contributed by atoms with Crippen LogP contribution in [0.1, 0.15) is 18.5 Å². The number of amides is 2. The lowest BCUT2D eigenvalue weighted by Gasteiger charge is -2.14. The van der Waals surface area contributed by atoms with Gasteiger partial charge in [-0.3, -0.25) is 14.5 Å². The van der Waals surface area contributed by atoms with Gasteiger partial charge in [-0.05, 0) is 49.4 Å². The number of hydrogen-bond donors (Lipinski definition) is 2. The molecule has 166 valence electrons. The molecule has 0 bridgehead atoms. The van der Waals surface area contributed by atoms with Crippen molar-refractivity contribution in [2.24, 2.45) is 0 Å². The van der Waals surface area contributed by atoms with Gasteiger partial charge in [-0.15, -0.1) is 10.2 Å². The maximum absolute atomic E-state index is 12.5. The number of carbonyl (C=O) groups excluding carboxylic acids is 2. The highest BCUT2D eigenvalue weighted by molar-refractivity contribution is 7.89. The van der Waals surface area contributed by atoms with Gasteiger partial charge in [0.1, 0.15) is 5.82 Å². The number of rotatable bonds is 8. The Bertz CT molecular complexity index is 1220. The molecule has 0 radical (unpaired) electrons. The smallest absolute Gasteiger partial charge is 0.240 e. The topological polar surface area (TPSA) is 139 Å². The molecule has 1 saturated heterocycles. The third-order valence-corrected chi connectivity index (χ3v) is 6.26. The molecule has 2 amide bonds. The van der Waals surface area contributed by atoms with Crippen LogP contribution >= 0.6 is 0 Å². The van der Waals surface area contributed by atoms with E-state index >= 15 is 0 Å². The van der Waals surface area contributed by atoms with E-state index in [4.69, 9.17) is 0 Å². The molecule has 2 aromatic heterocycles. The van der Waals surface area contributed by atoms with Crippen LogP contribution in [0.3, 0.4) is 0 Å². The molecule has 0 unspecified atom stereocenters. The fourth-order valence-corrected chi connectivity index (χ4v) is 4.21. The molecular weight excluding hydrogens is 434 g/mol. The highest BCUT2D eigenvalue weighted by atomic mass is 32.2. The summed E-state index contributed by atoms with van der Waals surface area (Å²) in [6.07, 6.45) is 2.13. The Morgan fingerprint density at radius 2 is 1.66 bits per heavy atom. The molecule has 0 spiro atoms. The number of sulfonamides is 1. The first-order valence-corrected chi connectivity index (χ1v) is 11.4. The van der Waals surface area contributed by atoms with Gasteiger partial charge in [0.25, 0.3) is 0 Å². The maximum atomic E-state index is 12.5. The normalized spacial score (nSPS) is 14.2. The van der Waals surface area contributed by atoms with Crippen LogP contribution in [-0.2, 0) is 19.6 Å². The number of carbonyl (C=O) groups is 2. The van der Waals surface area contributed by atoms with Crippen molar-refractivity contribution < 1.29 is 18.0 Å². The van der Waals surface area contributed by atoms with Gasteiger partial charge in [-0.25, -0.2) is 17.8 Å². The molecule has 32 heavy (non-hydrogen) atoms. The minimum atomic E-state index is -3.75. The zero-order chi connectivity index (χ0) is 22.7. The van der Waals surface area contributed by atoms with E-state index in [1.54, 1.807) is 23.0 Å². The predicted molar refractivity (Wildman–Crippen MR) is 116 cm³/mol. The Labute approximate surface area is 184 Å².